The van der Waals surface area contributed by atoms with Crippen LogP contribution in [0.25, 0.3) is 22.0 Å². The zero-order valence-electron chi connectivity index (χ0n) is 19.0. The van der Waals surface area contributed by atoms with Gasteiger partial charge in [-0.05, 0) is 49.2 Å². The van der Waals surface area contributed by atoms with E-state index in [9.17, 15) is 22.4 Å². The molecule has 1 amide bonds. The third-order valence-corrected chi connectivity index (χ3v) is 6.20. The number of aryl methyl sites for hydroxylation is 2. The number of amides is 1. The van der Waals surface area contributed by atoms with Crippen LogP contribution in [0.4, 0.5) is 4.39 Å². The number of sulfonamides is 1. The number of benzene rings is 2. The number of halogens is 1. The average Bonchev–Trinajstić information content (AvgIpc) is 3.07. The Morgan fingerprint density at radius 1 is 1.12 bits per heavy atom. The first-order chi connectivity index (χ1) is 16.1. The summed E-state index contributed by atoms with van der Waals surface area (Å²) in [5.41, 5.74) is 2.56. The SMILES string of the molecule is CCc1ccc2c(c1)c(-c1ccc(C)[nH]c1=O)c(C(=O)NS(C)(=O)=O)n2Cc1ccccc1F. The van der Waals surface area contributed by atoms with E-state index < -0.39 is 27.3 Å². The van der Waals surface area contributed by atoms with Gasteiger partial charge in [0.15, 0.2) is 0 Å². The molecule has 34 heavy (non-hydrogen) atoms. The van der Waals surface area contributed by atoms with Crippen LogP contribution in [-0.2, 0) is 23.0 Å². The summed E-state index contributed by atoms with van der Waals surface area (Å²) in [6.45, 7) is 3.68. The van der Waals surface area contributed by atoms with Gasteiger partial charge in [-0.25, -0.2) is 17.5 Å². The van der Waals surface area contributed by atoms with Gasteiger partial charge in [-0.3, -0.25) is 9.59 Å². The van der Waals surface area contributed by atoms with Crippen molar-refractivity contribution in [3.8, 4) is 11.1 Å². The van der Waals surface area contributed by atoms with Gasteiger partial charge in [-0.2, -0.15) is 0 Å². The van der Waals surface area contributed by atoms with Gasteiger partial charge < -0.3 is 9.55 Å². The molecular weight excluding hydrogens is 457 g/mol. The van der Waals surface area contributed by atoms with Gasteiger partial charge in [0.25, 0.3) is 11.5 Å². The Bertz CT molecular complexity index is 1590. The van der Waals surface area contributed by atoms with Crippen LogP contribution in [0.5, 0.6) is 0 Å². The summed E-state index contributed by atoms with van der Waals surface area (Å²) in [5.74, 6) is -1.36. The Labute approximate surface area is 196 Å². The smallest absolute Gasteiger partial charge is 0.282 e. The maximum Gasteiger partial charge on any atom is 0.282 e. The number of carbonyl (C=O) groups is 1. The van der Waals surface area contributed by atoms with E-state index >= 15 is 0 Å². The molecule has 2 aromatic carbocycles. The van der Waals surface area contributed by atoms with Crippen molar-refractivity contribution in [2.24, 2.45) is 0 Å². The largest absolute Gasteiger partial charge is 0.331 e. The number of hydrogen-bond donors (Lipinski definition) is 2. The van der Waals surface area contributed by atoms with Gasteiger partial charge in [-0.1, -0.05) is 31.2 Å². The van der Waals surface area contributed by atoms with Crippen molar-refractivity contribution in [2.75, 3.05) is 6.26 Å². The number of carbonyl (C=O) groups excluding carboxylic acids is 1. The molecule has 4 rings (SSSR count). The van der Waals surface area contributed by atoms with Gasteiger partial charge in [0.05, 0.1) is 12.8 Å². The average molecular weight is 482 g/mol. The molecule has 0 saturated heterocycles. The first-order valence-electron chi connectivity index (χ1n) is 10.7. The minimum Gasteiger partial charge on any atom is -0.331 e. The third kappa shape index (κ3) is 4.51. The first kappa shape index (κ1) is 23.4. The van der Waals surface area contributed by atoms with Crippen molar-refractivity contribution in [3.63, 3.8) is 0 Å². The molecule has 7 nitrogen and oxygen atoms in total. The Hall–Kier alpha value is -3.72. The molecule has 0 aliphatic rings. The Morgan fingerprint density at radius 3 is 2.50 bits per heavy atom. The lowest BCUT2D eigenvalue weighted by Crippen LogP contribution is -2.32. The molecule has 0 bridgehead atoms. The van der Waals surface area contributed by atoms with Gasteiger partial charge in [0.1, 0.15) is 11.5 Å². The zero-order chi connectivity index (χ0) is 24.6. The highest BCUT2D eigenvalue weighted by Crippen LogP contribution is 2.35. The van der Waals surface area contributed by atoms with Crippen molar-refractivity contribution in [3.05, 3.63) is 93.3 Å². The fourth-order valence-corrected chi connectivity index (χ4v) is 4.51. The van der Waals surface area contributed by atoms with E-state index in [1.165, 1.54) is 6.07 Å². The molecule has 2 aromatic heterocycles. The standard InChI is InChI=1S/C25H24FN3O4S/c1-4-16-10-12-21-19(13-16)22(18-11-9-15(2)27-24(18)30)23(25(31)28-34(3,32)33)29(21)14-17-7-5-6-8-20(17)26/h5-13H,4,14H2,1-3H3,(H,27,30)(H,28,31). The summed E-state index contributed by atoms with van der Waals surface area (Å²) in [5, 5.41) is 0.601. The predicted octanol–water partition coefficient (Wildman–Crippen LogP) is 3.74. The molecule has 0 spiro atoms. The highest BCUT2D eigenvalue weighted by Gasteiger charge is 2.27. The molecule has 0 fully saturated rings. The number of nitrogens with zero attached hydrogens (tertiary/aromatic N) is 1. The van der Waals surface area contributed by atoms with Gasteiger partial charge in [0.2, 0.25) is 10.0 Å². The molecule has 0 unspecified atom stereocenters. The Kier molecular flexibility index (Phi) is 6.14. The van der Waals surface area contributed by atoms with E-state index in [-0.39, 0.29) is 17.8 Å². The topological polar surface area (TPSA) is 101 Å². The van der Waals surface area contributed by atoms with Crippen LogP contribution in [0.1, 0.15) is 34.2 Å². The molecule has 0 atom stereocenters. The van der Waals surface area contributed by atoms with Crippen LogP contribution >= 0.6 is 0 Å². The van der Waals surface area contributed by atoms with E-state index in [1.807, 2.05) is 23.8 Å². The number of aromatic amines is 1. The summed E-state index contributed by atoms with van der Waals surface area (Å²) in [6, 6.07) is 15.0. The zero-order valence-corrected chi connectivity index (χ0v) is 19.8. The van der Waals surface area contributed by atoms with E-state index in [1.54, 1.807) is 47.9 Å². The van der Waals surface area contributed by atoms with Gasteiger partial charge in [0, 0.05) is 33.3 Å². The van der Waals surface area contributed by atoms with E-state index in [2.05, 4.69) is 4.98 Å². The molecular formula is C25H24FN3O4S. The van der Waals surface area contributed by atoms with Crippen LogP contribution in [0.2, 0.25) is 0 Å². The molecule has 4 aromatic rings. The molecule has 0 aliphatic carbocycles. The lowest BCUT2D eigenvalue weighted by Gasteiger charge is -2.13. The summed E-state index contributed by atoms with van der Waals surface area (Å²) in [6.07, 6.45) is 1.59. The highest BCUT2D eigenvalue weighted by molar-refractivity contribution is 7.89. The molecule has 0 radical (unpaired) electrons. The summed E-state index contributed by atoms with van der Waals surface area (Å²) in [7, 11) is -3.91. The van der Waals surface area contributed by atoms with Crippen LogP contribution in [-0.4, -0.2) is 30.1 Å². The number of H-pyrrole nitrogens is 1. The van der Waals surface area contributed by atoms with E-state index in [0.29, 0.717) is 34.1 Å². The van der Waals surface area contributed by atoms with E-state index in [4.69, 9.17) is 0 Å². The summed E-state index contributed by atoms with van der Waals surface area (Å²) >= 11 is 0. The number of hydrogen-bond acceptors (Lipinski definition) is 4. The van der Waals surface area contributed by atoms with Gasteiger partial charge >= 0.3 is 0 Å². The Balaban J connectivity index is 2.12. The molecule has 9 heteroatoms. The predicted molar refractivity (Wildman–Crippen MR) is 130 cm³/mol. The number of aromatic nitrogens is 2. The van der Waals surface area contributed by atoms with Crippen LogP contribution in [0, 0.1) is 12.7 Å². The maximum absolute atomic E-state index is 14.6. The van der Waals surface area contributed by atoms with Gasteiger partial charge in [-0.15, -0.1) is 0 Å². The van der Waals surface area contributed by atoms with Crippen molar-refractivity contribution in [1.82, 2.24) is 14.3 Å². The van der Waals surface area contributed by atoms with Crippen molar-refractivity contribution in [2.45, 2.75) is 26.8 Å². The lowest BCUT2D eigenvalue weighted by molar-refractivity contribution is 0.0974. The number of fused-ring (bicyclic) bond motifs is 1. The molecule has 2 N–H and O–H groups in total. The maximum atomic E-state index is 14.6. The molecule has 2 heterocycles. The van der Waals surface area contributed by atoms with Crippen LogP contribution in [0.3, 0.4) is 0 Å². The second kappa shape index (κ2) is 8.90. The molecule has 0 saturated carbocycles. The number of nitrogens with one attached hydrogen (secondary N) is 2. The van der Waals surface area contributed by atoms with Crippen molar-refractivity contribution < 1.29 is 17.6 Å². The number of pyridine rings is 1. The fourth-order valence-electron chi connectivity index (χ4n) is 4.08. The second-order valence-electron chi connectivity index (χ2n) is 8.19. The quantitative estimate of drug-likeness (QED) is 0.438. The highest BCUT2D eigenvalue weighted by atomic mass is 32.2. The minimum absolute atomic E-state index is 0.0358. The third-order valence-electron chi connectivity index (χ3n) is 5.64. The lowest BCUT2D eigenvalue weighted by atomic mass is 10.0. The fraction of sp³-hybridized carbons (Fsp3) is 0.200. The minimum atomic E-state index is -3.91. The monoisotopic (exact) mass is 481 g/mol. The summed E-state index contributed by atoms with van der Waals surface area (Å²) < 4.78 is 42.0. The Morgan fingerprint density at radius 2 is 1.85 bits per heavy atom. The summed E-state index contributed by atoms with van der Waals surface area (Å²) in [4.78, 5) is 29.0. The second-order valence-corrected chi connectivity index (χ2v) is 9.94. The first-order valence-corrected chi connectivity index (χ1v) is 12.6. The number of rotatable bonds is 6. The normalized spacial score (nSPS) is 11.6. The van der Waals surface area contributed by atoms with Crippen molar-refractivity contribution in [1.29, 1.82) is 0 Å². The molecule has 176 valence electrons. The molecule has 0 aliphatic heterocycles. The van der Waals surface area contributed by atoms with Crippen molar-refractivity contribution >= 4 is 26.8 Å². The van der Waals surface area contributed by atoms with E-state index in [0.717, 1.165) is 11.8 Å². The van der Waals surface area contributed by atoms with Crippen LogP contribution in [0.15, 0.2) is 59.4 Å². The van der Waals surface area contributed by atoms with Crippen LogP contribution < -0.4 is 10.3 Å².